The number of nitrogens with one attached hydrogen (secondary N) is 1. The molecule has 0 spiro atoms. The van der Waals surface area contributed by atoms with Gasteiger partial charge in [-0.3, -0.25) is 0 Å². The summed E-state index contributed by atoms with van der Waals surface area (Å²) in [5.74, 6) is 1.55. The maximum atomic E-state index is 5.72. The minimum absolute atomic E-state index is 0.190. The second-order valence-corrected chi connectivity index (χ2v) is 4.15. The fourth-order valence-corrected chi connectivity index (χ4v) is 1.64. The van der Waals surface area contributed by atoms with Crippen LogP contribution in [0.1, 0.15) is 26.1 Å². The zero-order valence-corrected chi connectivity index (χ0v) is 10.2. The Balaban J connectivity index is 2.18. The third-order valence-corrected chi connectivity index (χ3v) is 2.50. The second kappa shape index (κ2) is 5.14. The van der Waals surface area contributed by atoms with Crippen LogP contribution in [0, 0.1) is 0 Å². The van der Waals surface area contributed by atoms with Gasteiger partial charge >= 0.3 is 0 Å². The highest BCUT2D eigenvalue weighted by atomic mass is 16.5. The van der Waals surface area contributed by atoms with E-state index in [1.807, 2.05) is 26.0 Å². The third-order valence-electron chi connectivity index (χ3n) is 2.50. The molecule has 0 saturated carbocycles. The number of pyridine rings is 1. The maximum absolute atomic E-state index is 5.72. The van der Waals surface area contributed by atoms with Crippen LogP contribution in [-0.4, -0.2) is 27.6 Å². The number of hydrogen-bond donors (Lipinski definition) is 2. The molecule has 0 aliphatic carbocycles. The summed E-state index contributed by atoms with van der Waals surface area (Å²) in [4.78, 5) is 12.0. The van der Waals surface area contributed by atoms with Crippen LogP contribution in [0.5, 0.6) is 5.88 Å². The zero-order valence-electron chi connectivity index (χ0n) is 10.2. The summed E-state index contributed by atoms with van der Waals surface area (Å²) in [6, 6.07) is 3.98. The van der Waals surface area contributed by atoms with E-state index in [1.165, 1.54) is 0 Å². The largest absolute Gasteiger partial charge is 0.478 e. The lowest BCUT2D eigenvalue weighted by Gasteiger charge is -2.00. The molecule has 0 amide bonds. The molecule has 3 N–H and O–H groups in total. The topological polar surface area (TPSA) is 76.8 Å². The van der Waals surface area contributed by atoms with Crippen molar-refractivity contribution in [3.05, 3.63) is 18.0 Å². The van der Waals surface area contributed by atoms with E-state index in [0.29, 0.717) is 18.1 Å². The van der Waals surface area contributed by atoms with Crippen LogP contribution in [0.25, 0.3) is 11.2 Å². The summed E-state index contributed by atoms with van der Waals surface area (Å²) in [7, 11) is 0. The molecule has 2 aromatic heterocycles. The number of nitrogens with two attached hydrogens (primary N) is 1. The van der Waals surface area contributed by atoms with Crippen molar-refractivity contribution in [1.82, 2.24) is 15.0 Å². The van der Waals surface area contributed by atoms with E-state index >= 15 is 0 Å². The van der Waals surface area contributed by atoms with Gasteiger partial charge in [0, 0.05) is 18.5 Å². The highest BCUT2D eigenvalue weighted by Crippen LogP contribution is 2.15. The van der Waals surface area contributed by atoms with Crippen molar-refractivity contribution in [2.45, 2.75) is 32.7 Å². The fraction of sp³-hybridized carbons (Fsp3) is 0.500. The first kappa shape index (κ1) is 11.9. The quantitative estimate of drug-likeness (QED) is 0.824. The lowest BCUT2D eigenvalue weighted by atomic mass is 10.2. The van der Waals surface area contributed by atoms with Crippen LogP contribution < -0.4 is 10.5 Å². The molecule has 0 fully saturated rings. The molecule has 5 heteroatoms. The number of aryl methyl sites for hydroxylation is 1. The molecule has 1 unspecified atom stereocenters. The number of hydrogen-bond acceptors (Lipinski definition) is 4. The van der Waals surface area contributed by atoms with Gasteiger partial charge in [0.25, 0.3) is 0 Å². The molecule has 0 aromatic carbocycles. The molecule has 0 aliphatic heterocycles. The Labute approximate surface area is 100 Å². The molecular weight excluding hydrogens is 216 g/mol. The summed E-state index contributed by atoms with van der Waals surface area (Å²) in [5, 5.41) is 0. The van der Waals surface area contributed by atoms with Crippen LogP contribution in [-0.2, 0) is 6.42 Å². The molecule has 0 bridgehead atoms. The Morgan fingerprint density at radius 3 is 2.94 bits per heavy atom. The van der Waals surface area contributed by atoms with Gasteiger partial charge in [-0.25, -0.2) is 4.98 Å². The van der Waals surface area contributed by atoms with Gasteiger partial charge in [-0.05, 0) is 26.3 Å². The average Bonchev–Trinajstić information content (AvgIpc) is 2.69. The smallest absolute Gasteiger partial charge is 0.215 e. The average molecular weight is 234 g/mol. The molecule has 0 saturated heterocycles. The number of H-pyrrole nitrogens is 1. The first-order valence-electron chi connectivity index (χ1n) is 5.93. The Bertz CT molecular complexity index is 492. The monoisotopic (exact) mass is 234 g/mol. The summed E-state index contributed by atoms with van der Waals surface area (Å²) in [6.07, 6.45) is 1.76. The van der Waals surface area contributed by atoms with Gasteiger partial charge in [0.15, 0.2) is 5.65 Å². The minimum atomic E-state index is 0.190. The van der Waals surface area contributed by atoms with Crippen LogP contribution in [0.3, 0.4) is 0 Å². The van der Waals surface area contributed by atoms with Gasteiger partial charge in [0.2, 0.25) is 5.88 Å². The van der Waals surface area contributed by atoms with Crippen molar-refractivity contribution in [1.29, 1.82) is 0 Å². The van der Waals surface area contributed by atoms with Crippen LogP contribution in [0.4, 0.5) is 0 Å². The van der Waals surface area contributed by atoms with Crippen molar-refractivity contribution in [2.75, 3.05) is 6.61 Å². The molecule has 0 aliphatic rings. The Morgan fingerprint density at radius 1 is 1.41 bits per heavy atom. The second-order valence-electron chi connectivity index (χ2n) is 4.15. The SMILES string of the molecule is CCOc1ccc2[nH]c(CCC(C)N)nc2n1. The van der Waals surface area contributed by atoms with Gasteiger partial charge in [0.1, 0.15) is 5.82 Å². The van der Waals surface area contributed by atoms with Crippen molar-refractivity contribution in [3.8, 4) is 5.88 Å². The maximum Gasteiger partial charge on any atom is 0.215 e. The number of imidazole rings is 1. The predicted octanol–water partition coefficient (Wildman–Crippen LogP) is 1.64. The first-order valence-corrected chi connectivity index (χ1v) is 5.93. The minimum Gasteiger partial charge on any atom is -0.478 e. The molecule has 5 nitrogen and oxygen atoms in total. The molecular formula is C12H18N4O. The van der Waals surface area contributed by atoms with E-state index in [2.05, 4.69) is 15.0 Å². The van der Waals surface area contributed by atoms with E-state index in [9.17, 15) is 0 Å². The van der Waals surface area contributed by atoms with Gasteiger partial charge in [0.05, 0.1) is 12.1 Å². The lowest BCUT2D eigenvalue weighted by molar-refractivity contribution is 0.328. The zero-order chi connectivity index (χ0) is 12.3. The molecule has 2 aromatic rings. The molecule has 17 heavy (non-hydrogen) atoms. The first-order chi connectivity index (χ1) is 8.19. The van der Waals surface area contributed by atoms with Gasteiger partial charge in [-0.1, -0.05) is 0 Å². The van der Waals surface area contributed by atoms with E-state index in [4.69, 9.17) is 10.5 Å². The van der Waals surface area contributed by atoms with Crippen molar-refractivity contribution in [2.24, 2.45) is 5.73 Å². The molecule has 92 valence electrons. The van der Waals surface area contributed by atoms with Crippen molar-refractivity contribution >= 4 is 11.2 Å². The van der Waals surface area contributed by atoms with E-state index in [-0.39, 0.29) is 6.04 Å². The molecule has 0 radical (unpaired) electrons. The number of nitrogens with zero attached hydrogens (tertiary/aromatic N) is 2. The van der Waals surface area contributed by atoms with Gasteiger partial charge in [-0.2, -0.15) is 4.98 Å². The number of rotatable bonds is 5. The Hall–Kier alpha value is -1.62. The fourth-order valence-electron chi connectivity index (χ4n) is 1.64. The van der Waals surface area contributed by atoms with E-state index in [0.717, 1.165) is 24.2 Å². The highest BCUT2D eigenvalue weighted by molar-refractivity contribution is 5.71. The van der Waals surface area contributed by atoms with E-state index < -0.39 is 0 Å². The Morgan fingerprint density at radius 2 is 2.24 bits per heavy atom. The summed E-state index contributed by atoms with van der Waals surface area (Å²) in [6.45, 7) is 4.54. The molecule has 2 rings (SSSR count). The molecule has 1 atom stereocenters. The van der Waals surface area contributed by atoms with Gasteiger partial charge < -0.3 is 15.5 Å². The number of fused-ring (bicyclic) bond motifs is 1. The summed E-state index contributed by atoms with van der Waals surface area (Å²) < 4.78 is 5.34. The third kappa shape index (κ3) is 2.94. The Kier molecular flexibility index (Phi) is 3.58. The number of ether oxygens (including phenoxy) is 1. The van der Waals surface area contributed by atoms with Crippen LogP contribution >= 0.6 is 0 Å². The normalized spacial score (nSPS) is 12.9. The van der Waals surface area contributed by atoms with Crippen molar-refractivity contribution < 1.29 is 4.74 Å². The highest BCUT2D eigenvalue weighted by Gasteiger charge is 2.06. The standard InChI is InChI=1S/C12H18N4O/c1-3-17-11-7-5-9-12(16-11)15-10(14-9)6-4-8(2)13/h5,7-8H,3-4,6,13H2,1-2H3,(H,14,15,16). The van der Waals surface area contributed by atoms with Crippen LogP contribution in [0.15, 0.2) is 12.1 Å². The predicted molar refractivity (Wildman–Crippen MR) is 67.0 cm³/mol. The molecule has 2 heterocycles. The van der Waals surface area contributed by atoms with E-state index in [1.54, 1.807) is 0 Å². The van der Waals surface area contributed by atoms with Crippen molar-refractivity contribution in [3.63, 3.8) is 0 Å². The van der Waals surface area contributed by atoms with Gasteiger partial charge in [-0.15, -0.1) is 0 Å². The lowest BCUT2D eigenvalue weighted by Crippen LogP contribution is -2.15. The summed E-state index contributed by atoms with van der Waals surface area (Å²) in [5.41, 5.74) is 7.36. The summed E-state index contributed by atoms with van der Waals surface area (Å²) >= 11 is 0. The number of aromatic amines is 1. The number of aromatic nitrogens is 3. The van der Waals surface area contributed by atoms with Crippen LogP contribution in [0.2, 0.25) is 0 Å².